The molecule has 13 N–H and O–H groups in total. The minimum Gasteiger partial charge on any atom is -0.479 e. The van der Waals surface area contributed by atoms with Crippen molar-refractivity contribution in [2.75, 3.05) is 46.1 Å². The van der Waals surface area contributed by atoms with Gasteiger partial charge in [0.15, 0.2) is 18.7 Å². The average Bonchev–Trinajstić information content (AvgIpc) is 3.10. The molecule has 322 valence electrons. The van der Waals surface area contributed by atoms with Crippen LogP contribution in [0.4, 0.5) is 0 Å². The number of aliphatic hydroxyl groups excluding tert-OH is 4. The summed E-state index contributed by atoms with van der Waals surface area (Å²) in [6.07, 6.45) is -13.6. The first-order chi connectivity index (χ1) is 25.9. The van der Waals surface area contributed by atoms with Crippen molar-refractivity contribution in [1.29, 1.82) is 0 Å². The summed E-state index contributed by atoms with van der Waals surface area (Å²) in [4.78, 5) is 56.7. The van der Waals surface area contributed by atoms with Crippen LogP contribution < -0.4 is 22.1 Å². The molecule has 55 heavy (non-hydrogen) atoms. The number of nitrogens with one attached hydrogen (secondary N) is 2. The summed E-state index contributed by atoms with van der Waals surface area (Å²) in [5.41, 5.74) is 10.9. The smallest absolute Gasteiger partial charge is 0.472 e. The van der Waals surface area contributed by atoms with Crippen LogP contribution in [0.2, 0.25) is 0 Å². The molecule has 0 aromatic heterocycles. The van der Waals surface area contributed by atoms with Crippen LogP contribution in [0.5, 0.6) is 0 Å². The molecule has 2 amide bonds. The highest BCUT2D eigenvalue weighted by molar-refractivity contribution is 7.47. The molecule has 2 unspecified atom stereocenters. The molecule has 0 aromatic carbocycles. The van der Waals surface area contributed by atoms with E-state index in [0.717, 1.165) is 13.8 Å². The van der Waals surface area contributed by atoms with Crippen molar-refractivity contribution >= 4 is 33.4 Å². The Balaban J connectivity index is 2.43. The molecule has 24 nitrogen and oxygen atoms in total. The summed E-state index contributed by atoms with van der Waals surface area (Å²) in [5.74, 6) is -3.24. The Morgan fingerprint density at radius 2 is 1.18 bits per heavy atom. The maximum absolute atomic E-state index is 12.6. The Bertz CT molecular complexity index is 1290. The normalized spacial score (nSPS) is 31.2. The quantitative estimate of drug-likeness (QED) is 0.0303. The zero-order valence-electron chi connectivity index (χ0n) is 30.5. The SMILES string of the molecule is CC(=O)N[C@H]1[C@@H](O[C@H]2[C@H](O)[C@@H](COP(=O)(O)OCCCCCN)O[C@H](O[C@H](CO)C(=O)O)[C@@H]2NC(C)=O)O[C@H](COP(=O)(O)OCCCCCN)[C@@H](O)[C@@H]1O. The lowest BCUT2D eigenvalue weighted by Crippen LogP contribution is -2.70. The zero-order valence-corrected chi connectivity index (χ0v) is 32.3. The number of nitrogens with two attached hydrogens (primary N) is 2. The van der Waals surface area contributed by atoms with Crippen LogP contribution in [0.3, 0.4) is 0 Å². The maximum Gasteiger partial charge on any atom is 0.472 e. The van der Waals surface area contributed by atoms with Crippen molar-refractivity contribution < 1.29 is 95.9 Å². The number of aliphatic hydroxyl groups is 4. The molecule has 2 aliphatic rings. The largest absolute Gasteiger partial charge is 0.479 e. The molecule has 2 aliphatic heterocycles. The number of carboxylic acid groups (broad SMARTS) is 1. The number of unbranched alkanes of at least 4 members (excludes halogenated alkanes) is 4. The van der Waals surface area contributed by atoms with Gasteiger partial charge in [-0.15, -0.1) is 0 Å². The van der Waals surface area contributed by atoms with Crippen LogP contribution >= 0.6 is 15.6 Å². The minimum absolute atomic E-state index is 0.174. The Kier molecular flexibility index (Phi) is 21.7. The lowest BCUT2D eigenvalue weighted by Gasteiger charge is -2.48. The van der Waals surface area contributed by atoms with Crippen LogP contribution in [-0.4, -0.2) is 167 Å². The molecule has 2 rings (SSSR count). The molecule has 26 heteroatoms. The van der Waals surface area contributed by atoms with E-state index in [4.69, 9.17) is 48.5 Å². The van der Waals surface area contributed by atoms with Crippen LogP contribution in [0.15, 0.2) is 0 Å². The second-order valence-electron chi connectivity index (χ2n) is 12.7. The number of amides is 2. The molecule has 2 saturated heterocycles. The van der Waals surface area contributed by atoms with E-state index in [9.17, 15) is 58.8 Å². The van der Waals surface area contributed by atoms with Crippen LogP contribution in [0.1, 0.15) is 52.4 Å². The molecule has 0 spiro atoms. The van der Waals surface area contributed by atoms with Crippen molar-refractivity contribution in [1.82, 2.24) is 10.6 Å². The first kappa shape index (κ1) is 49.4. The third-order valence-corrected chi connectivity index (χ3v) is 10.1. The number of phosphoric ester groups is 2. The molecule has 13 atom stereocenters. The van der Waals surface area contributed by atoms with E-state index >= 15 is 0 Å². The first-order valence-electron chi connectivity index (χ1n) is 17.5. The monoisotopic (exact) mass is 842 g/mol. The van der Waals surface area contributed by atoms with Gasteiger partial charge < -0.3 is 76.4 Å². The standard InChI is InChI=1S/C29H56N4O20P2/c1-16(35)32-21-25(39)23(37)19(14-48-54(42,43)46-11-7-3-5-9-30)51-28(21)53-26-22(33-17(2)36)29(50-18(13-34)27(40)41)52-20(24(26)38)15-49-55(44,45)47-12-8-4-6-10-31/h18-26,28-29,34,37-39H,3-15,30-31H2,1-2H3,(H,32,35)(H,33,36)(H,40,41)(H,42,43)(H,44,45)/t18-,19-,20-,21-,22-,23-,24-,25-,26-,28-,29+/m1/s1. The molecule has 0 aromatic rings. The third kappa shape index (κ3) is 16.9. The molecule has 0 saturated carbocycles. The van der Waals surface area contributed by atoms with E-state index in [1.165, 1.54) is 0 Å². The van der Waals surface area contributed by atoms with Crippen molar-refractivity contribution in [3.05, 3.63) is 0 Å². The summed E-state index contributed by atoms with van der Waals surface area (Å²) in [6, 6.07) is -3.32. The lowest BCUT2D eigenvalue weighted by atomic mass is 9.94. The Labute approximate surface area is 317 Å². The Morgan fingerprint density at radius 3 is 1.64 bits per heavy atom. The van der Waals surface area contributed by atoms with Crippen molar-refractivity contribution in [2.24, 2.45) is 11.5 Å². The molecule has 2 heterocycles. The Morgan fingerprint density at radius 1 is 0.709 bits per heavy atom. The van der Waals surface area contributed by atoms with Gasteiger partial charge in [-0.1, -0.05) is 0 Å². The van der Waals surface area contributed by atoms with Gasteiger partial charge in [0.2, 0.25) is 11.8 Å². The van der Waals surface area contributed by atoms with Gasteiger partial charge >= 0.3 is 21.6 Å². The first-order valence-corrected chi connectivity index (χ1v) is 20.5. The van der Waals surface area contributed by atoms with E-state index < -0.39 is 121 Å². The summed E-state index contributed by atoms with van der Waals surface area (Å²) in [6.45, 7) is -0.403. The van der Waals surface area contributed by atoms with E-state index in [1.54, 1.807) is 0 Å². The van der Waals surface area contributed by atoms with E-state index in [-0.39, 0.29) is 13.2 Å². The fraction of sp³-hybridized carbons (Fsp3) is 0.897. The highest BCUT2D eigenvalue weighted by Gasteiger charge is 2.53. The average molecular weight is 843 g/mol. The molecule has 2 fully saturated rings. The lowest BCUT2D eigenvalue weighted by molar-refractivity contribution is -0.331. The summed E-state index contributed by atoms with van der Waals surface area (Å²) >= 11 is 0. The second-order valence-corrected chi connectivity index (χ2v) is 15.6. The minimum atomic E-state index is -4.79. The summed E-state index contributed by atoms with van der Waals surface area (Å²) in [7, 11) is -9.53. The Hall–Kier alpha value is -1.77. The number of rotatable bonds is 26. The number of aliphatic carboxylic acids is 1. The third-order valence-electron chi connectivity index (χ3n) is 8.15. The molecule has 0 radical (unpaired) electrons. The maximum atomic E-state index is 12.6. The predicted molar refractivity (Wildman–Crippen MR) is 184 cm³/mol. The summed E-state index contributed by atoms with van der Waals surface area (Å²) in [5, 5.41) is 57.4. The van der Waals surface area contributed by atoms with E-state index in [2.05, 4.69) is 10.6 Å². The van der Waals surface area contributed by atoms with Gasteiger partial charge in [-0.25, -0.2) is 13.9 Å². The number of hydrogen-bond donors (Lipinski definition) is 11. The van der Waals surface area contributed by atoms with Gasteiger partial charge in [-0.05, 0) is 51.6 Å². The number of ether oxygens (including phenoxy) is 4. The van der Waals surface area contributed by atoms with E-state index in [1.807, 2.05) is 0 Å². The van der Waals surface area contributed by atoms with Crippen LogP contribution in [0.25, 0.3) is 0 Å². The molecular weight excluding hydrogens is 786 g/mol. The number of carbonyl (C=O) groups is 3. The molecule has 0 bridgehead atoms. The van der Waals surface area contributed by atoms with Gasteiger partial charge in [0, 0.05) is 13.8 Å². The highest BCUT2D eigenvalue weighted by atomic mass is 31.2. The molecule has 0 aliphatic carbocycles. The fourth-order valence-electron chi connectivity index (χ4n) is 5.41. The molecular formula is C29H56N4O20P2. The van der Waals surface area contributed by atoms with Crippen LogP contribution in [0, 0.1) is 0 Å². The highest BCUT2D eigenvalue weighted by Crippen LogP contribution is 2.45. The second kappa shape index (κ2) is 24.2. The summed E-state index contributed by atoms with van der Waals surface area (Å²) < 4.78 is 67.9. The van der Waals surface area contributed by atoms with Crippen molar-refractivity contribution in [3.63, 3.8) is 0 Å². The van der Waals surface area contributed by atoms with Crippen molar-refractivity contribution in [2.45, 2.75) is 120 Å². The predicted octanol–water partition coefficient (Wildman–Crippen LogP) is -3.10. The van der Waals surface area contributed by atoms with Crippen LogP contribution in [-0.2, 0) is 60.6 Å². The number of carboxylic acids is 1. The fourth-order valence-corrected chi connectivity index (χ4v) is 6.95. The van der Waals surface area contributed by atoms with E-state index in [0.29, 0.717) is 51.6 Å². The number of phosphoric acid groups is 2. The van der Waals surface area contributed by atoms with Gasteiger partial charge in [-0.2, -0.15) is 0 Å². The van der Waals surface area contributed by atoms with Gasteiger partial charge in [-0.3, -0.25) is 27.7 Å². The topological polar surface area (TPSA) is 377 Å². The number of hydrogen-bond acceptors (Lipinski definition) is 19. The van der Waals surface area contributed by atoms with Gasteiger partial charge in [0.05, 0.1) is 33.0 Å². The van der Waals surface area contributed by atoms with Gasteiger partial charge in [0.25, 0.3) is 0 Å². The van der Waals surface area contributed by atoms with Crippen molar-refractivity contribution in [3.8, 4) is 0 Å². The zero-order chi connectivity index (χ0) is 41.3. The number of carbonyl (C=O) groups excluding carboxylic acids is 2. The van der Waals surface area contributed by atoms with Gasteiger partial charge in [0.1, 0.15) is 48.7 Å².